The maximum absolute atomic E-state index is 13.9. The standard InChI is InChI=1S/C27H29F5N2O3/c28-22-14-21(15-23(29)16-22)26(37,27(30,31)32)25(36)34-11-7-19(8-12-34)13-18-5-9-33(10-6-18)24-3-1-20(17-35)2-4-24/h1-4,14-19,37H,5-13H2. The number of carbonyl (C=O) groups excluding carboxylic acids is 2. The first-order chi connectivity index (χ1) is 17.5. The number of piperidine rings is 2. The van der Waals surface area contributed by atoms with Crippen LogP contribution in [-0.4, -0.2) is 54.6 Å². The molecule has 1 amide bonds. The quantitative estimate of drug-likeness (QED) is 0.424. The highest BCUT2D eigenvalue weighted by Gasteiger charge is 2.62. The third-order valence-electron chi connectivity index (χ3n) is 7.58. The topological polar surface area (TPSA) is 60.9 Å². The molecule has 1 N–H and O–H groups in total. The van der Waals surface area contributed by atoms with Gasteiger partial charge in [0.15, 0.2) is 0 Å². The molecule has 0 aromatic heterocycles. The lowest BCUT2D eigenvalue weighted by atomic mass is 9.82. The maximum Gasteiger partial charge on any atom is 0.430 e. The van der Waals surface area contributed by atoms with Crippen LogP contribution in [0.5, 0.6) is 0 Å². The van der Waals surface area contributed by atoms with Crippen molar-refractivity contribution in [3.63, 3.8) is 0 Å². The fraction of sp³-hybridized carbons (Fsp3) is 0.481. The second-order valence-electron chi connectivity index (χ2n) is 9.98. The third-order valence-corrected chi connectivity index (χ3v) is 7.58. The lowest BCUT2D eigenvalue weighted by molar-refractivity contribution is -0.262. The van der Waals surface area contributed by atoms with Gasteiger partial charge in [-0.2, -0.15) is 13.2 Å². The molecule has 0 aliphatic carbocycles. The number of amides is 1. The van der Waals surface area contributed by atoms with E-state index in [4.69, 9.17) is 0 Å². The molecule has 10 heteroatoms. The molecule has 2 aliphatic heterocycles. The van der Waals surface area contributed by atoms with Crippen molar-refractivity contribution < 1.29 is 36.6 Å². The largest absolute Gasteiger partial charge is 0.430 e. The number of aldehydes is 1. The van der Waals surface area contributed by atoms with Crippen molar-refractivity contribution in [3.8, 4) is 0 Å². The number of rotatable bonds is 6. The average Bonchev–Trinajstić information content (AvgIpc) is 2.87. The van der Waals surface area contributed by atoms with Crippen molar-refractivity contribution in [3.05, 3.63) is 65.2 Å². The molecule has 2 aliphatic rings. The number of likely N-dealkylation sites (tertiary alicyclic amines) is 1. The van der Waals surface area contributed by atoms with Gasteiger partial charge in [-0.15, -0.1) is 0 Å². The Labute approximate surface area is 211 Å². The Morgan fingerprint density at radius 2 is 1.41 bits per heavy atom. The number of benzene rings is 2. The number of hydrogen-bond acceptors (Lipinski definition) is 4. The highest BCUT2D eigenvalue weighted by atomic mass is 19.4. The van der Waals surface area contributed by atoms with Crippen LogP contribution in [0, 0.1) is 23.5 Å². The van der Waals surface area contributed by atoms with Gasteiger partial charge in [0.1, 0.15) is 17.9 Å². The van der Waals surface area contributed by atoms with E-state index in [1.807, 2.05) is 12.1 Å². The van der Waals surface area contributed by atoms with E-state index in [1.165, 1.54) is 0 Å². The van der Waals surface area contributed by atoms with Gasteiger partial charge in [0.05, 0.1) is 0 Å². The fourth-order valence-electron chi connectivity index (χ4n) is 5.43. The molecule has 4 rings (SSSR count). The Balaban J connectivity index is 1.33. The molecule has 2 heterocycles. The number of hydrogen-bond donors (Lipinski definition) is 1. The molecule has 0 radical (unpaired) electrons. The summed E-state index contributed by atoms with van der Waals surface area (Å²) in [5.41, 5.74) is -3.51. The molecule has 2 aromatic rings. The van der Waals surface area contributed by atoms with Gasteiger partial charge in [-0.3, -0.25) is 9.59 Å². The van der Waals surface area contributed by atoms with Crippen molar-refractivity contribution >= 4 is 17.9 Å². The van der Waals surface area contributed by atoms with Gasteiger partial charge in [-0.05, 0) is 80.3 Å². The minimum atomic E-state index is -5.46. The van der Waals surface area contributed by atoms with Gasteiger partial charge in [0, 0.05) is 49.1 Å². The summed E-state index contributed by atoms with van der Waals surface area (Å²) >= 11 is 0. The molecule has 0 bridgehead atoms. The minimum Gasteiger partial charge on any atom is -0.372 e. The highest BCUT2D eigenvalue weighted by Crippen LogP contribution is 2.42. The number of carbonyl (C=O) groups is 2. The van der Waals surface area contributed by atoms with Gasteiger partial charge in [-0.25, -0.2) is 8.78 Å². The van der Waals surface area contributed by atoms with E-state index in [9.17, 15) is 36.6 Å². The summed E-state index contributed by atoms with van der Waals surface area (Å²) in [4.78, 5) is 26.9. The number of halogens is 5. The number of anilines is 1. The smallest absolute Gasteiger partial charge is 0.372 e. The second kappa shape index (κ2) is 10.8. The maximum atomic E-state index is 13.9. The molecule has 2 saturated heterocycles. The van der Waals surface area contributed by atoms with Crippen LogP contribution in [0.4, 0.5) is 27.6 Å². The van der Waals surface area contributed by atoms with E-state index in [1.54, 1.807) is 12.1 Å². The Morgan fingerprint density at radius 1 is 0.892 bits per heavy atom. The Bertz CT molecular complexity index is 1090. The Hall–Kier alpha value is -3.01. The van der Waals surface area contributed by atoms with Gasteiger partial charge in [0.25, 0.3) is 11.5 Å². The van der Waals surface area contributed by atoms with E-state index < -0.39 is 34.9 Å². The summed E-state index contributed by atoms with van der Waals surface area (Å²) in [5.74, 6) is -3.54. The first kappa shape index (κ1) is 27.0. The first-order valence-corrected chi connectivity index (χ1v) is 12.4. The molecule has 1 unspecified atom stereocenters. The predicted octanol–water partition coefficient (Wildman–Crippen LogP) is 5.07. The zero-order valence-corrected chi connectivity index (χ0v) is 20.2. The van der Waals surface area contributed by atoms with Crippen molar-refractivity contribution in [1.82, 2.24) is 4.90 Å². The van der Waals surface area contributed by atoms with Crippen LogP contribution in [0.15, 0.2) is 42.5 Å². The molecule has 2 aromatic carbocycles. The molecule has 0 spiro atoms. The molecule has 0 saturated carbocycles. The van der Waals surface area contributed by atoms with Gasteiger partial charge >= 0.3 is 6.18 Å². The van der Waals surface area contributed by atoms with Crippen molar-refractivity contribution in [2.24, 2.45) is 11.8 Å². The van der Waals surface area contributed by atoms with Crippen LogP contribution in [-0.2, 0) is 10.4 Å². The Morgan fingerprint density at radius 3 is 1.89 bits per heavy atom. The van der Waals surface area contributed by atoms with E-state index in [0.29, 0.717) is 42.5 Å². The van der Waals surface area contributed by atoms with Crippen LogP contribution >= 0.6 is 0 Å². The second-order valence-corrected chi connectivity index (χ2v) is 9.98. The minimum absolute atomic E-state index is 0.0294. The molecular weight excluding hydrogens is 495 g/mol. The predicted molar refractivity (Wildman–Crippen MR) is 127 cm³/mol. The lowest BCUT2D eigenvalue weighted by Crippen LogP contribution is -2.57. The lowest BCUT2D eigenvalue weighted by Gasteiger charge is -2.40. The van der Waals surface area contributed by atoms with E-state index in [-0.39, 0.29) is 19.0 Å². The van der Waals surface area contributed by atoms with Gasteiger partial charge < -0.3 is 14.9 Å². The van der Waals surface area contributed by atoms with Crippen LogP contribution in [0.2, 0.25) is 0 Å². The summed E-state index contributed by atoms with van der Waals surface area (Å²) in [6.07, 6.45) is -0.836. The van der Waals surface area contributed by atoms with E-state index in [2.05, 4.69) is 4.90 Å². The monoisotopic (exact) mass is 524 g/mol. The summed E-state index contributed by atoms with van der Waals surface area (Å²) in [6.45, 7) is 1.79. The number of nitrogens with zero attached hydrogens (tertiary/aromatic N) is 2. The normalized spacial score (nSPS) is 19.5. The van der Waals surface area contributed by atoms with Crippen LogP contribution in [0.1, 0.15) is 48.0 Å². The van der Waals surface area contributed by atoms with Crippen LogP contribution < -0.4 is 4.90 Å². The molecule has 37 heavy (non-hydrogen) atoms. The number of aliphatic hydroxyl groups is 1. The molecule has 2 fully saturated rings. The van der Waals surface area contributed by atoms with Crippen molar-refractivity contribution in [1.29, 1.82) is 0 Å². The average molecular weight is 525 g/mol. The SMILES string of the molecule is O=Cc1ccc(N2CCC(CC3CCN(C(=O)C(O)(c4cc(F)cc(F)c4)C(F)(F)F)CC3)CC2)cc1. The summed E-state index contributed by atoms with van der Waals surface area (Å²) in [7, 11) is 0. The summed E-state index contributed by atoms with van der Waals surface area (Å²) in [6, 6.07) is 8.48. The van der Waals surface area contributed by atoms with Crippen LogP contribution in [0.3, 0.4) is 0 Å². The Kier molecular flexibility index (Phi) is 7.87. The zero-order chi connectivity index (χ0) is 26.8. The highest BCUT2D eigenvalue weighted by molar-refractivity contribution is 5.87. The van der Waals surface area contributed by atoms with Crippen molar-refractivity contribution in [2.75, 3.05) is 31.1 Å². The first-order valence-electron chi connectivity index (χ1n) is 12.4. The molecule has 1 atom stereocenters. The molecule has 5 nitrogen and oxygen atoms in total. The summed E-state index contributed by atoms with van der Waals surface area (Å²) in [5, 5.41) is 10.5. The zero-order valence-electron chi connectivity index (χ0n) is 20.2. The molecular formula is C27H29F5N2O3. The van der Waals surface area contributed by atoms with E-state index in [0.717, 1.165) is 49.2 Å². The van der Waals surface area contributed by atoms with Crippen LogP contribution in [0.25, 0.3) is 0 Å². The van der Waals surface area contributed by atoms with Gasteiger partial charge in [0.2, 0.25) is 0 Å². The summed E-state index contributed by atoms with van der Waals surface area (Å²) < 4.78 is 68.9. The van der Waals surface area contributed by atoms with Crippen molar-refractivity contribution in [2.45, 2.75) is 43.9 Å². The van der Waals surface area contributed by atoms with Gasteiger partial charge in [-0.1, -0.05) is 0 Å². The third kappa shape index (κ3) is 5.79. The number of alkyl halides is 3. The van der Waals surface area contributed by atoms with E-state index >= 15 is 0 Å². The molecule has 200 valence electrons. The fourth-order valence-corrected chi connectivity index (χ4v) is 5.43.